The van der Waals surface area contributed by atoms with Gasteiger partial charge in [-0.25, -0.2) is 0 Å². The molecule has 5 nitrogen and oxygen atoms in total. The van der Waals surface area contributed by atoms with Gasteiger partial charge in [-0.2, -0.15) is 5.11 Å². The minimum absolute atomic E-state index is 0.0306. The summed E-state index contributed by atoms with van der Waals surface area (Å²) >= 11 is 0. The maximum absolute atomic E-state index is 12.8. The van der Waals surface area contributed by atoms with Gasteiger partial charge in [0.1, 0.15) is 5.69 Å². The highest BCUT2D eigenvalue weighted by molar-refractivity contribution is 6.22. The minimum atomic E-state index is -0.215. The lowest BCUT2D eigenvalue weighted by Gasteiger charge is -2.06. The summed E-state index contributed by atoms with van der Waals surface area (Å²) in [6, 6.07) is 20.1. The number of phenolic OH excluding ortho intramolecular Hbond substituents is 1. The number of aryl methyl sites for hydroxylation is 1. The fraction of sp³-hybridized carbons (Fsp3) is 0.0400. The molecule has 4 aromatic carbocycles. The van der Waals surface area contributed by atoms with Crippen LogP contribution in [0.1, 0.15) is 31.8 Å². The molecular weight excluding hydrogens is 376 g/mol. The molecule has 0 fully saturated rings. The van der Waals surface area contributed by atoms with E-state index >= 15 is 0 Å². The summed E-state index contributed by atoms with van der Waals surface area (Å²) in [5, 5.41) is 20.4. The molecule has 5 heteroatoms. The number of benzene rings is 4. The average Bonchev–Trinajstić information content (AvgIpc) is 3.03. The van der Waals surface area contributed by atoms with Crippen molar-refractivity contribution in [3.05, 3.63) is 89.0 Å². The van der Waals surface area contributed by atoms with Crippen LogP contribution >= 0.6 is 0 Å². The molecule has 0 amide bonds. The van der Waals surface area contributed by atoms with Crippen LogP contribution in [0.5, 0.6) is 5.75 Å². The first kappa shape index (κ1) is 17.9. The first-order chi connectivity index (χ1) is 14.6. The van der Waals surface area contributed by atoms with Gasteiger partial charge in [-0.05, 0) is 47.7 Å². The molecule has 1 N–H and O–H groups in total. The third-order valence-electron chi connectivity index (χ3n) is 5.37. The van der Waals surface area contributed by atoms with Gasteiger partial charge in [-0.3, -0.25) is 9.59 Å². The Kier molecular flexibility index (Phi) is 4.03. The van der Waals surface area contributed by atoms with Crippen molar-refractivity contribution in [2.75, 3.05) is 0 Å². The Bertz CT molecular complexity index is 1400. The van der Waals surface area contributed by atoms with Gasteiger partial charge in [0.25, 0.3) is 0 Å². The highest BCUT2D eigenvalue weighted by Crippen LogP contribution is 2.41. The molecule has 0 bridgehead atoms. The van der Waals surface area contributed by atoms with Gasteiger partial charge >= 0.3 is 0 Å². The van der Waals surface area contributed by atoms with Gasteiger partial charge in [-0.15, -0.1) is 5.11 Å². The Morgan fingerprint density at radius 2 is 1.57 bits per heavy atom. The summed E-state index contributed by atoms with van der Waals surface area (Å²) in [5.41, 5.74) is 4.98. The third kappa shape index (κ3) is 2.71. The molecule has 5 rings (SSSR count). The zero-order valence-corrected chi connectivity index (χ0v) is 16.1. The smallest absolute Gasteiger partial charge is 0.194 e. The molecule has 0 saturated carbocycles. The molecule has 4 aromatic rings. The van der Waals surface area contributed by atoms with E-state index in [0.29, 0.717) is 28.5 Å². The molecule has 30 heavy (non-hydrogen) atoms. The number of ketones is 1. The normalized spacial score (nSPS) is 12.4. The van der Waals surface area contributed by atoms with Crippen LogP contribution in [0.3, 0.4) is 0 Å². The summed E-state index contributed by atoms with van der Waals surface area (Å²) in [6.07, 6.45) is 0.591. The number of fused-ring (bicyclic) bond motifs is 4. The molecule has 1 aliphatic rings. The number of aromatic hydroxyl groups is 1. The van der Waals surface area contributed by atoms with E-state index in [1.807, 2.05) is 55.5 Å². The van der Waals surface area contributed by atoms with E-state index in [1.54, 1.807) is 18.2 Å². The Morgan fingerprint density at radius 3 is 2.37 bits per heavy atom. The third-order valence-corrected chi connectivity index (χ3v) is 5.37. The van der Waals surface area contributed by atoms with E-state index in [9.17, 15) is 14.7 Å². The van der Waals surface area contributed by atoms with Crippen molar-refractivity contribution in [2.45, 2.75) is 6.92 Å². The number of phenols is 1. The zero-order valence-electron chi connectivity index (χ0n) is 16.1. The highest BCUT2D eigenvalue weighted by Gasteiger charge is 2.26. The lowest BCUT2D eigenvalue weighted by molar-refractivity contribution is 0.104. The number of rotatable bonds is 3. The quantitative estimate of drug-likeness (QED) is 0.289. The average molecular weight is 392 g/mol. The Morgan fingerprint density at radius 1 is 0.833 bits per heavy atom. The molecular formula is C25H16N2O3. The maximum atomic E-state index is 12.8. The molecule has 1 aliphatic carbocycles. The molecule has 0 aromatic heterocycles. The van der Waals surface area contributed by atoms with Gasteiger partial charge in [-0.1, -0.05) is 48.0 Å². The molecule has 0 atom stereocenters. The van der Waals surface area contributed by atoms with Gasteiger partial charge in [0.05, 0.1) is 11.3 Å². The Labute approximate surface area is 172 Å². The van der Waals surface area contributed by atoms with Crippen LogP contribution in [0.2, 0.25) is 0 Å². The molecule has 0 heterocycles. The van der Waals surface area contributed by atoms with Gasteiger partial charge in [0, 0.05) is 16.5 Å². The second kappa shape index (κ2) is 6.74. The van der Waals surface area contributed by atoms with Crippen molar-refractivity contribution in [3.63, 3.8) is 0 Å². The number of hydrogen-bond donors (Lipinski definition) is 1. The number of aldehydes is 1. The van der Waals surface area contributed by atoms with Gasteiger partial charge < -0.3 is 5.11 Å². The summed E-state index contributed by atoms with van der Waals surface area (Å²) in [4.78, 5) is 24.2. The Balaban J connectivity index is 1.59. The standard InChI is InChI=1S/C25H16N2O3/c1-14-6-8-19-20-9-7-17(12-22(20)25(30)21(19)10-14)26-27-23-18-5-3-2-4-15(18)11-16(13-28)24(23)29/h2-13,29H,1H3/b27-26-. The summed E-state index contributed by atoms with van der Waals surface area (Å²) in [6.45, 7) is 1.96. The lowest BCUT2D eigenvalue weighted by atomic mass is 10.0. The Hall–Kier alpha value is -4.12. The van der Waals surface area contributed by atoms with Crippen LogP contribution in [0.25, 0.3) is 21.9 Å². The van der Waals surface area contributed by atoms with Gasteiger partial charge in [0.15, 0.2) is 17.8 Å². The van der Waals surface area contributed by atoms with Crippen LogP contribution in [0, 0.1) is 6.92 Å². The van der Waals surface area contributed by atoms with Crippen molar-refractivity contribution in [3.8, 4) is 16.9 Å². The van der Waals surface area contributed by atoms with Crippen molar-refractivity contribution >= 4 is 34.2 Å². The number of nitrogens with zero attached hydrogens (tertiary/aromatic N) is 2. The molecule has 0 radical (unpaired) electrons. The summed E-state index contributed by atoms with van der Waals surface area (Å²) < 4.78 is 0. The first-order valence-electron chi connectivity index (χ1n) is 9.48. The molecule has 0 aliphatic heterocycles. The largest absolute Gasteiger partial charge is 0.505 e. The summed E-state index contributed by atoms with van der Waals surface area (Å²) in [5.74, 6) is -0.246. The zero-order chi connectivity index (χ0) is 20.8. The van der Waals surface area contributed by atoms with Crippen LogP contribution in [-0.2, 0) is 0 Å². The number of carbonyl (C=O) groups excluding carboxylic acids is 2. The highest BCUT2D eigenvalue weighted by atomic mass is 16.3. The maximum Gasteiger partial charge on any atom is 0.194 e. The first-order valence-corrected chi connectivity index (χ1v) is 9.48. The number of azo groups is 1. The van der Waals surface area contributed by atoms with E-state index in [1.165, 1.54) is 0 Å². The number of hydrogen-bond acceptors (Lipinski definition) is 5. The molecule has 144 valence electrons. The van der Waals surface area contributed by atoms with Crippen molar-refractivity contribution in [2.24, 2.45) is 10.2 Å². The SMILES string of the molecule is Cc1ccc2c(c1)C(=O)c1cc(/N=N\c3c(O)c(C=O)cc4ccccc34)ccc1-2. The monoisotopic (exact) mass is 392 g/mol. The van der Waals surface area contributed by atoms with E-state index in [-0.39, 0.29) is 22.8 Å². The number of carbonyl (C=O) groups is 2. The fourth-order valence-electron chi connectivity index (χ4n) is 3.88. The molecule has 0 unspecified atom stereocenters. The van der Waals surface area contributed by atoms with Crippen LogP contribution < -0.4 is 0 Å². The van der Waals surface area contributed by atoms with Crippen LogP contribution in [-0.4, -0.2) is 17.2 Å². The van der Waals surface area contributed by atoms with Crippen molar-refractivity contribution in [1.82, 2.24) is 0 Å². The predicted molar refractivity (Wildman–Crippen MR) is 115 cm³/mol. The second-order valence-electron chi connectivity index (χ2n) is 7.31. The minimum Gasteiger partial charge on any atom is -0.505 e. The topological polar surface area (TPSA) is 79.1 Å². The van der Waals surface area contributed by atoms with E-state index in [0.717, 1.165) is 22.1 Å². The van der Waals surface area contributed by atoms with E-state index in [2.05, 4.69) is 10.2 Å². The lowest BCUT2D eigenvalue weighted by Crippen LogP contribution is -1.95. The molecule has 0 spiro atoms. The second-order valence-corrected chi connectivity index (χ2v) is 7.31. The van der Waals surface area contributed by atoms with E-state index in [4.69, 9.17) is 0 Å². The van der Waals surface area contributed by atoms with Crippen LogP contribution in [0.15, 0.2) is 77.0 Å². The molecule has 0 saturated heterocycles. The fourth-order valence-corrected chi connectivity index (χ4v) is 3.88. The summed E-state index contributed by atoms with van der Waals surface area (Å²) in [7, 11) is 0. The van der Waals surface area contributed by atoms with Gasteiger partial charge in [0.2, 0.25) is 0 Å². The van der Waals surface area contributed by atoms with Crippen molar-refractivity contribution in [1.29, 1.82) is 0 Å². The van der Waals surface area contributed by atoms with Crippen LogP contribution in [0.4, 0.5) is 11.4 Å². The predicted octanol–water partition coefficient (Wildman–Crippen LogP) is 6.29. The van der Waals surface area contributed by atoms with E-state index < -0.39 is 0 Å². The van der Waals surface area contributed by atoms with Crippen molar-refractivity contribution < 1.29 is 14.7 Å².